The zero-order valence-corrected chi connectivity index (χ0v) is 8.42. The molecule has 10 heavy (non-hydrogen) atoms. The van der Waals surface area contributed by atoms with Gasteiger partial charge in [0.05, 0.1) is 0 Å². The second-order valence-corrected chi connectivity index (χ2v) is 3.21. The van der Waals surface area contributed by atoms with Crippen molar-refractivity contribution in [3.8, 4) is 0 Å². The second kappa shape index (κ2) is 3.40. The molecule has 0 N–H and O–H groups in total. The molecule has 0 aromatic carbocycles. The van der Waals surface area contributed by atoms with E-state index >= 15 is 0 Å². The van der Waals surface area contributed by atoms with Gasteiger partial charge in [-0.3, -0.25) is 0 Å². The van der Waals surface area contributed by atoms with Gasteiger partial charge in [-0.2, -0.15) is 0 Å². The SMILES string of the molecule is [Na+].[O-]CC1CC2C=CC1C2. The predicted octanol–water partition coefficient (Wildman–Crippen LogP) is -2.44. The molecule has 1 fully saturated rings. The van der Waals surface area contributed by atoms with E-state index in [0.29, 0.717) is 11.8 Å². The summed E-state index contributed by atoms with van der Waals surface area (Å²) in [4.78, 5) is 0. The van der Waals surface area contributed by atoms with Gasteiger partial charge in [0.2, 0.25) is 0 Å². The first-order valence-electron chi connectivity index (χ1n) is 3.66. The Morgan fingerprint density at radius 3 is 2.40 bits per heavy atom. The Morgan fingerprint density at radius 1 is 1.30 bits per heavy atom. The van der Waals surface area contributed by atoms with Crippen molar-refractivity contribution in [3.63, 3.8) is 0 Å². The molecule has 3 unspecified atom stereocenters. The van der Waals surface area contributed by atoms with Crippen LogP contribution in [0.15, 0.2) is 12.2 Å². The summed E-state index contributed by atoms with van der Waals surface area (Å²) in [5.41, 5.74) is 0. The molecule has 0 radical (unpaired) electrons. The maximum atomic E-state index is 10.5. The molecular formula is C8H11NaO. The van der Waals surface area contributed by atoms with Crippen molar-refractivity contribution in [2.75, 3.05) is 6.61 Å². The van der Waals surface area contributed by atoms with Crippen LogP contribution >= 0.6 is 0 Å². The third-order valence-corrected chi connectivity index (χ3v) is 2.63. The molecule has 50 valence electrons. The summed E-state index contributed by atoms with van der Waals surface area (Å²) in [6.07, 6.45) is 6.95. The van der Waals surface area contributed by atoms with Crippen LogP contribution in [0.25, 0.3) is 0 Å². The number of rotatable bonds is 1. The molecular weight excluding hydrogens is 135 g/mol. The first-order valence-corrected chi connectivity index (χ1v) is 3.66. The van der Waals surface area contributed by atoms with Crippen LogP contribution in [0.4, 0.5) is 0 Å². The van der Waals surface area contributed by atoms with Crippen LogP contribution in [-0.2, 0) is 0 Å². The maximum Gasteiger partial charge on any atom is 1.00 e. The normalized spacial score (nSPS) is 41.9. The summed E-state index contributed by atoms with van der Waals surface area (Å²) in [6.45, 7) is 0.144. The molecule has 3 atom stereocenters. The molecule has 0 aliphatic heterocycles. The van der Waals surface area contributed by atoms with Crippen LogP contribution in [0, 0.1) is 17.8 Å². The summed E-state index contributed by atoms with van der Waals surface area (Å²) in [5, 5.41) is 10.5. The third-order valence-electron chi connectivity index (χ3n) is 2.63. The van der Waals surface area contributed by atoms with Gasteiger partial charge in [-0.25, -0.2) is 0 Å². The van der Waals surface area contributed by atoms with E-state index in [-0.39, 0.29) is 36.2 Å². The molecule has 2 heteroatoms. The second-order valence-electron chi connectivity index (χ2n) is 3.21. The van der Waals surface area contributed by atoms with Crippen molar-refractivity contribution in [2.45, 2.75) is 12.8 Å². The summed E-state index contributed by atoms with van der Waals surface area (Å²) in [5.74, 6) is 1.92. The minimum absolute atomic E-state index is 0. The Bertz CT molecular complexity index is 144. The van der Waals surface area contributed by atoms with E-state index in [4.69, 9.17) is 0 Å². The summed E-state index contributed by atoms with van der Waals surface area (Å²) >= 11 is 0. The molecule has 2 rings (SSSR count). The van der Waals surface area contributed by atoms with E-state index in [9.17, 15) is 5.11 Å². The summed E-state index contributed by atoms with van der Waals surface area (Å²) in [7, 11) is 0. The van der Waals surface area contributed by atoms with Gasteiger partial charge in [0.1, 0.15) is 0 Å². The first kappa shape index (κ1) is 8.79. The molecule has 0 saturated heterocycles. The monoisotopic (exact) mass is 146 g/mol. The Morgan fingerprint density at radius 2 is 2.10 bits per heavy atom. The van der Waals surface area contributed by atoms with E-state index in [0.717, 1.165) is 5.92 Å². The van der Waals surface area contributed by atoms with Gasteiger partial charge in [-0.15, -0.1) is 6.61 Å². The molecule has 0 aromatic heterocycles. The molecule has 0 amide bonds. The first-order chi connectivity index (χ1) is 4.40. The minimum Gasteiger partial charge on any atom is -0.854 e. The average molecular weight is 146 g/mol. The van der Waals surface area contributed by atoms with Crippen LogP contribution in [0.1, 0.15) is 12.8 Å². The van der Waals surface area contributed by atoms with Gasteiger partial charge < -0.3 is 5.11 Å². The fourth-order valence-electron chi connectivity index (χ4n) is 2.09. The maximum absolute atomic E-state index is 10.5. The summed E-state index contributed by atoms with van der Waals surface area (Å²) in [6, 6.07) is 0. The standard InChI is InChI=1S/C8H11O.Na/c9-5-8-4-6-1-2-7(8)3-6;/h1-2,6-8H,3-5H2;/q-1;+1. The topological polar surface area (TPSA) is 23.1 Å². The molecule has 1 nitrogen and oxygen atoms in total. The number of hydrogen-bond acceptors (Lipinski definition) is 1. The van der Waals surface area contributed by atoms with E-state index < -0.39 is 0 Å². The third kappa shape index (κ3) is 1.33. The largest absolute Gasteiger partial charge is 1.00 e. The predicted molar refractivity (Wildman–Crippen MR) is 33.7 cm³/mol. The van der Waals surface area contributed by atoms with Crippen molar-refractivity contribution >= 4 is 0 Å². The quantitative estimate of drug-likeness (QED) is 0.298. The fraction of sp³-hybridized carbons (Fsp3) is 0.750. The van der Waals surface area contributed by atoms with Crippen molar-refractivity contribution in [1.29, 1.82) is 0 Å². The minimum atomic E-state index is 0. The van der Waals surface area contributed by atoms with Crippen LogP contribution in [-0.4, -0.2) is 6.61 Å². The van der Waals surface area contributed by atoms with Crippen molar-refractivity contribution in [3.05, 3.63) is 12.2 Å². The van der Waals surface area contributed by atoms with E-state index in [1.165, 1.54) is 12.8 Å². The van der Waals surface area contributed by atoms with Gasteiger partial charge in [0.25, 0.3) is 0 Å². The Labute approximate surface area is 83.8 Å². The fourth-order valence-corrected chi connectivity index (χ4v) is 2.09. The van der Waals surface area contributed by atoms with Gasteiger partial charge in [0.15, 0.2) is 0 Å². The van der Waals surface area contributed by atoms with Gasteiger partial charge >= 0.3 is 29.6 Å². The molecule has 0 spiro atoms. The van der Waals surface area contributed by atoms with Gasteiger partial charge in [-0.05, 0) is 30.6 Å². The Kier molecular flexibility index (Phi) is 2.99. The number of fused-ring (bicyclic) bond motifs is 2. The molecule has 0 heterocycles. The zero-order chi connectivity index (χ0) is 6.27. The van der Waals surface area contributed by atoms with Crippen LogP contribution in [0.3, 0.4) is 0 Å². The van der Waals surface area contributed by atoms with Crippen LogP contribution < -0.4 is 34.7 Å². The average Bonchev–Trinajstić information content (AvgIpc) is 2.45. The molecule has 1 saturated carbocycles. The molecule has 2 aliphatic carbocycles. The smallest absolute Gasteiger partial charge is 0.854 e. The van der Waals surface area contributed by atoms with Gasteiger partial charge in [-0.1, -0.05) is 12.2 Å². The van der Waals surface area contributed by atoms with E-state index in [2.05, 4.69) is 12.2 Å². The Hall–Kier alpha value is 0.700. The molecule has 2 aliphatic rings. The Balaban J connectivity index is 0.000000500. The van der Waals surface area contributed by atoms with Crippen LogP contribution in [0.2, 0.25) is 0 Å². The number of allylic oxidation sites excluding steroid dienone is 2. The molecule has 0 aromatic rings. The van der Waals surface area contributed by atoms with E-state index in [1.807, 2.05) is 0 Å². The van der Waals surface area contributed by atoms with Crippen molar-refractivity contribution < 1.29 is 34.7 Å². The van der Waals surface area contributed by atoms with Crippen LogP contribution in [0.5, 0.6) is 0 Å². The molecule has 2 bridgehead atoms. The van der Waals surface area contributed by atoms with Crippen molar-refractivity contribution in [2.24, 2.45) is 17.8 Å². The zero-order valence-electron chi connectivity index (χ0n) is 6.42. The van der Waals surface area contributed by atoms with E-state index in [1.54, 1.807) is 0 Å². The van der Waals surface area contributed by atoms with Crippen molar-refractivity contribution in [1.82, 2.24) is 0 Å². The summed E-state index contributed by atoms with van der Waals surface area (Å²) < 4.78 is 0. The number of hydrogen-bond donors (Lipinski definition) is 0. The van der Waals surface area contributed by atoms with Gasteiger partial charge in [0, 0.05) is 0 Å².